The predicted molar refractivity (Wildman–Crippen MR) is 87.2 cm³/mol. The Morgan fingerprint density at radius 1 is 1.23 bits per heavy atom. The van der Waals surface area contributed by atoms with Crippen LogP contribution in [0.1, 0.15) is 44.2 Å². The molecule has 1 heterocycles. The summed E-state index contributed by atoms with van der Waals surface area (Å²) < 4.78 is 5.48. The molecule has 1 aromatic carbocycles. The third kappa shape index (κ3) is 5.40. The molecule has 5 nitrogen and oxygen atoms in total. The van der Waals surface area contributed by atoms with Crippen molar-refractivity contribution in [2.24, 2.45) is 0 Å². The van der Waals surface area contributed by atoms with Crippen LogP contribution in [0.15, 0.2) is 30.3 Å². The minimum atomic E-state index is -0.175. The molecule has 2 atom stereocenters. The molecule has 2 unspecified atom stereocenters. The number of hydrogen-bond donors (Lipinski definition) is 3. The molecule has 1 aliphatic heterocycles. The molecule has 1 saturated heterocycles. The first-order chi connectivity index (χ1) is 10.8. The zero-order valence-corrected chi connectivity index (χ0v) is 13.3. The van der Waals surface area contributed by atoms with Crippen molar-refractivity contribution in [3.8, 4) is 0 Å². The van der Waals surface area contributed by atoms with Gasteiger partial charge in [-0.3, -0.25) is 4.79 Å². The zero-order valence-electron chi connectivity index (χ0n) is 13.3. The Kier molecular flexibility index (Phi) is 7.36. The van der Waals surface area contributed by atoms with E-state index in [9.17, 15) is 4.79 Å². The minimum Gasteiger partial charge on any atom is -0.381 e. The Hall–Kier alpha value is -1.43. The summed E-state index contributed by atoms with van der Waals surface area (Å²) in [6, 6.07) is 10.2. The summed E-state index contributed by atoms with van der Waals surface area (Å²) >= 11 is 0. The van der Waals surface area contributed by atoms with Crippen LogP contribution in [-0.2, 0) is 9.53 Å². The number of unbranched alkanes of at least 4 members (excludes halogenated alkanes) is 1. The van der Waals surface area contributed by atoms with Crippen LogP contribution in [-0.4, -0.2) is 31.7 Å². The van der Waals surface area contributed by atoms with Gasteiger partial charge in [-0.25, -0.2) is 10.9 Å². The average molecular weight is 305 g/mol. The van der Waals surface area contributed by atoms with E-state index >= 15 is 0 Å². The summed E-state index contributed by atoms with van der Waals surface area (Å²) in [7, 11) is 0. The summed E-state index contributed by atoms with van der Waals surface area (Å²) in [5, 5.41) is 2.97. The first kappa shape index (κ1) is 16.9. The van der Waals surface area contributed by atoms with Gasteiger partial charge in [-0.15, -0.1) is 0 Å². The van der Waals surface area contributed by atoms with Crippen LogP contribution >= 0.6 is 0 Å². The second-order valence-electron chi connectivity index (χ2n) is 5.65. The largest absolute Gasteiger partial charge is 0.381 e. The van der Waals surface area contributed by atoms with Gasteiger partial charge in [-0.05, 0) is 24.8 Å². The van der Waals surface area contributed by atoms with Crippen molar-refractivity contribution >= 4 is 5.91 Å². The smallest absolute Gasteiger partial charge is 0.238 e. The molecular formula is C17H27N3O2. The van der Waals surface area contributed by atoms with Gasteiger partial charge < -0.3 is 10.1 Å². The van der Waals surface area contributed by atoms with E-state index in [1.54, 1.807) is 0 Å². The molecule has 22 heavy (non-hydrogen) atoms. The number of hydrogen-bond acceptors (Lipinski definition) is 4. The van der Waals surface area contributed by atoms with E-state index in [0.717, 1.165) is 32.3 Å². The lowest BCUT2D eigenvalue weighted by molar-refractivity contribution is -0.122. The molecule has 3 N–H and O–H groups in total. The second kappa shape index (κ2) is 9.56. The van der Waals surface area contributed by atoms with Gasteiger partial charge in [0.25, 0.3) is 0 Å². The van der Waals surface area contributed by atoms with E-state index in [0.29, 0.717) is 13.2 Å². The predicted octanol–water partition coefficient (Wildman–Crippen LogP) is 1.92. The maximum atomic E-state index is 12.1. The van der Waals surface area contributed by atoms with Crippen LogP contribution in [0.3, 0.4) is 0 Å². The van der Waals surface area contributed by atoms with E-state index in [2.05, 4.69) is 35.2 Å². The SMILES string of the molecule is CCCCOCCCNC(=O)C1CC(c2ccccc2)NN1. The second-order valence-corrected chi connectivity index (χ2v) is 5.65. The lowest BCUT2D eigenvalue weighted by Crippen LogP contribution is -2.43. The highest BCUT2D eigenvalue weighted by Crippen LogP contribution is 2.21. The normalized spacial score (nSPS) is 21.0. The number of rotatable bonds is 9. The Bertz CT molecular complexity index is 439. The van der Waals surface area contributed by atoms with Crippen LogP contribution < -0.4 is 16.2 Å². The van der Waals surface area contributed by atoms with Crippen molar-refractivity contribution in [2.75, 3.05) is 19.8 Å². The van der Waals surface area contributed by atoms with Gasteiger partial charge in [0, 0.05) is 25.8 Å². The van der Waals surface area contributed by atoms with Crippen LogP contribution in [0.2, 0.25) is 0 Å². The van der Waals surface area contributed by atoms with Gasteiger partial charge in [0.15, 0.2) is 0 Å². The highest BCUT2D eigenvalue weighted by atomic mass is 16.5. The first-order valence-electron chi connectivity index (χ1n) is 8.22. The van der Waals surface area contributed by atoms with Gasteiger partial charge in [0.05, 0.1) is 0 Å². The van der Waals surface area contributed by atoms with E-state index in [1.807, 2.05) is 18.2 Å². The molecule has 1 fully saturated rings. The number of carbonyl (C=O) groups excluding carboxylic acids is 1. The van der Waals surface area contributed by atoms with Crippen LogP contribution in [0.25, 0.3) is 0 Å². The monoisotopic (exact) mass is 305 g/mol. The van der Waals surface area contributed by atoms with Gasteiger partial charge in [-0.2, -0.15) is 0 Å². The van der Waals surface area contributed by atoms with Crippen molar-refractivity contribution in [1.82, 2.24) is 16.2 Å². The lowest BCUT2D eigenvalue weighted by Gasteiger charge is -2.11. The fourth-order valence-electron chi connectivity index (χ4n) is 2.49. The molecule has 1 amide bonds. The minimum absolute atomic E-state index is 0.0551. The van der Waals surface area contributed by atoms with E-state index in [4.69, 9.17) is 4.74 Å². The third-order valence-electron chi connectivity index (χ3n) is 3.83. The molecule has 0 radical (unpaired) electrons. The maximum absolute atomic E-state index is 12.1. The van der Waals surface area contributed by atoms with Gasteiger partial charge in [0.2, 0.25) is 5.91 Å². The molecular weight excluding hydrogens is 278 g/mol. The number of benzene rings is 1. The molecule has 0 aromatic heterocycles. The zero-order chi connectivity index (χ0) is 15.6. The fourth-order valence-corrected chi connectivity index (χ4v) is 2.49. The Morgan fingerprint density at radius 2 is 2.00 bits per heavy atom. The summed E-state index contributed by atoms with van der Waals surface area (Å²) in [4.78, 5) is 12.1. The number of hydrazine groups is 1. The molecule has 1 aromatic rings. The highest BCUT2D eigenvalue weighted by Gasteiger charge is 2.29. The van der Waals surface area contributed by atoms with Gasteiger partial charge >= 0.3 is 0 Å². The maximum Gasteiger partial charge on any atom is 0.238 e. The summed E-state index contributed by atoms with van der Waals surface area (Å²) in [5.74, 6) is 0.0551. The first-order valence-corrected chi connectivity index (χ1v) is 8.22. The van der Waals surface area contributed by atoms with E-state index in [-0.39, 0.29) is 18.0 Å². The van der Waals surface area contributed by atoms with Crippen LogP contribution in [0, 0.1) is 0 Å². The standard InChI is InChI=1S/C17H27N3O2/c1-2-3-11-22-12-7-10-18-17(21)16-13-15(19-20-16)14-8-5-4-6-9-14/h4-6,8-9,15-16,19-20H,2-3,7,10-13H2,1H3,(H,18,21). The molecule has 2 rings (SSSR count). The number of nitrogens with one attached hydrogen (secondary N) is 3. The van der Waals surface area contributed by atoms with E-state index in [1.165, 1.54) is 5.56 Å². The highest BCUT2D eigenvalue weighted by molar-refractivity contribution is 5.82. The quantitative estimate of drug-likeness (QED) is 0.610. The van der Waals surface area contributed by atoms with E-state index < -0.39 is 0 Å². The Balaban J connectivity index is 1.61. The molecule has 5 heteroatoms. The summed E-state index contributed by atoms with van der Waals surface area (Å²) in [6.45, 7) is 4.34. The molecule has 0 saturated carbocycles. The average Bonchev–Trinajstić information content (AvgIpc) is 3.05. The topological polar surface area (TPSA) is 62.4 Å². The Morgan fingerprint density at radius 3 is 2.77 bits per heavy atom. The third-order valence-corrected chi connectivity index (χ3v) is 3.83. The van der Waals surface area contributed by atoms with Crippen LogP contribution in [0.5, 0.6) is 0 Å². The van der Waals surface area contributed by atoms with Crippen molar-refractivity contribution in [3.63, 3.8) is 0 Å². The van der Waals surface area contributed by atoms with Gasteiger partial charge in [0.1, 0.15) is 6.04 Å². The molecule has 0 bridgehead atoms. The number of amides is 1. The number of carbonyl (C=O) groups is 1. The molecule has 1 aliphatic rings. The van der Waals surface area contributed by atoms with Crippen molar-refractivity contribution in [1.29, 1.82) is 0 Å². The van der Waals surface area contributed by atoms with Crippen molar-refractivity contribution in [2.45, 2.75) is 44.7 Å². The summed E-state index contributed by atoms with van der Waals surface area (Å²) in [6.07, 6.45) is 3.88. The number of ether oxygens (including phenoxy) is 1. The van der Waals surface area contributed by atoms with Gasteiger partial charge in [-0.1, -0.05) is 43.7 Å². The fraction of sp³-hybridized carbons (Fsp3) is 0.588. The Labute approximate surface area is 132 Å². The van der Waals surface area contributed by atoms with Crippen molar-refractivity contribution in [3.05, 3.63) is 35.9 Å². The summed E-state index contributed by atoms with van der Waals surface area (Å²) in [5.41, 5.74) is 7.48. The van der Waals surface area contributed by atoms with Crippen LogP contribution in [0.4, 0.5) is 0 Å². The lowest BCUT2D eigenvalue weighted by atomic mass is 10.0. The molecule has 0 spiro atoms. The molecule has 0 aliphatic carbocycles. The molecule has 122 valence electrons. The van der Waals surface area contributed by atoms with Crippen molar-refractivity contribution < 1.29 is 9.53 Å².